The summed E-state index contributed by atoms with van der Waals surface area (Å²) < 4.78 is 14.9. The smallest absolute Gasteiger partial charge is 0.330 e. The van der Waals surface area contributed by atoms with Crippen LogP contribution in [-0.2, 0) is 17.8 Å². The topological polar surface area (TPSA) is 104 Å². The molecule has 0 aliphatic carbocycles. The summed E-state index contributed by atoms with van der Waals surface area (Å²) in [5.41, 5.74) is 7.36. The maximum Gasteiger partial charge on any atom is 0.330 e. The number of rotatable bonds is 6. The maximum absolute atomic E-state index is 13.6. The van der Waals surface area contributed by atoms with Gasteiger partial charge in [-0.3, -0.25) is 19.1 Å². The zero-order chi connectivity index (χ0) is 23.5. The lowest BCUT2D eigenvalue weighted by atomic mass is 10.0. The highest BCUT2D eigenvalue weighted by Gasteiger charge is 2.26. The quantitative estimate of drug-likeness (QED) is 0.597. The van der Waals surface area contributed by atoms with Crippen molar-refractivity contribution in [3.8, 4) is 0 Å². The van der Waals surface area contributed by atoms with E-state index >= 15 is 0 Å². The number of nitrogens with two attached hydrogens (primary N) is 1. The molecular formula is C24H26FN5O3. The highest BCUT2D eigenvalue weighted by molar-refractivity contribution is 5.98. The number of aryl methyl sites for hydroxylation is 1. The van der Waals surface area contributed by atoms with Gasteiger partial charge in [-0.25, -0.2) is 9.18 Å². The second-order valence-corrected chi connectivity index (χ2v) is 8.00. The van der Waals surface area contributed by atoms with E-state index in [4.69, 9.17) is 5.73 Å². The second-order valence-electron chi connectivity index (χ2n) is 8.00. The van der Waals surface area contributed by atoms with E-state index < -0.39 is 11.2 Å². The number of anilines is 3. The lowest BCUT2D eigenvalue weighted by molar-refractivity contribution is -0.117. The van der Waals surface area contributed by atoms with Gasteiger partial charge in [0, 0.05) is 18.8 Å². The fraction of sp³-hybridized carbons (Fsp3) is 0.292. The average molecular weight is 452 g/mol. The first-order valence-electron chi connectivity index (χ1n) is 10.9. The van der Waals surface area contributed by atoms with Crippen LogP contribution in [0.2, 0.25) is 0 Å². The van der Waals surface area contributed by atoms with Crippen LogP contribution in [0.4, 0.5) is 21.6 Å². The van der Waals surface area contributed by atoms with Crippen molar-refractivity contribution < 1.29 is 9.18 Å². The molecule has 8 nitrogen and oxygen atoms in total. The number of nitrogen functional groups attached to an aromatic ring is 1. The molecule has 0 atom stereocenters. The summed E-state index contributed by atoms with van der Waals surface area (Å²) in [7, 11) is 0. The van der Waals surface area contributed by atoms with Crippen molar-refractivity contribution in [1.82, 2.24) is 9.55 Å². The van der Waals surface area contributed by atoms with E-state index in [9.17, 15) is 18.8 Å². The Labute approximate surface area is 190 Å². The number of likely N-dealkylation sites (N-methyl/N-ethyl adjacent to an activating group) is 1. The van der Waals surface area contributed by atoms with Crippen LogP contribution >= 0.6 is 0 Å². The second kappa shape index (κ2) is 9.32. The van der Waals surface area contributed by atoms with Gasteiger partial charge in [0.25, 0.3) is 5.56 Å². The summed E-state index contributed by atoms with van der Waals surface area (Å²) in [5, 5.41) is 0. The van der Waals surface area contributed by atoms with E-state index in [0.29, 0.717) is 6.54 Å². The normalized spacial score (nSPS) is 13.0. The van der Waals surface area contributed by atoms with Gasteiger partial charge in [-0.2, -0.15) is 0 Å². The minimum Gasteiger partial charge on any atom is -0.383 e. The largest absolute Gasteiger partial charge is 0.383 e. The van der Waals surface area contributed by atoms with Crippen LogP contribution in [-0.4, -0.2) is 35.1 Å². The molecule has 0 radical (unpaired) electrons. The predicted octanol–water partition coefficient (Wildman–Crippen LogP) is 2.11. The van der Waals surface area contributed by atoms with Gasteiger partial charge in [-0.05, 0) is 49.1 Å². The Bertz CT molecular complexity index is 1290. The van der Waals surface area contributed by atoms with Gasteiger partial charge in [0.15, 0.2) is 5.69 Å². The summed E-state index contributed by atoms with van der Waals surface area (Å²) in [5.74, 6) is -0.710. The first kappa shape index (κ1) is 22.3. The molecule has 3 N–H and O–H groups in total. The van der Waals surface area contributed by atoms with E-state index in [0.717, 1.165) is 29.7 Å². The molecule has 4 rings (SSSR count). The summed E-state index contributed by atoms with van der Waals surface area (Å²) in [6, 6.07) is 13.8. The molecule has 2 aromatic carbocycles. The lowest BCUT2D eigenvalue weighted by Gasteiger charge is -2.33. The van der Waals surface area contributed by atoms with Crippen LogP contribution in [0.3, 0.4) is 0 Å². The van der Waals surface area contributed by atoms with Gasteiger partial charge in [0.1, 0.15) is 11.6 Å². The predicted molar refractivity (Wildman–Crippen MR) is 126 cm³/mol. The van der Waals surface area contributed by atoms with Crippen LogP contribution in [0.25, 0.3) is 0 Å². The molecule has 9 heteroatoms. The number of carbonyl (C=O) groups is 1. The van der Waals surface area contributed by atoms with Crippen molar-refractivity contribution >= 4 is 23.1 Å². The number of aromatic nitrogens is 2. The Morgan fingerprint density at radius 1 is 1.18 bits per heavy atom. The molecule has 0 saturated carbocycles. The van der Waals surface area contributed by atoms with Crippen molar-refractivity contribution in [3.05, 3.63) is 86.3 Å². The molecule has 172 valence electrons. The molecule has 0 fully saturated rings. The van der Waals surface area contributed by atoms with Crippen LogP contribution in [0.1, 0.15) is 24.5 Å². The zero-order valence-corrected chi connectivity index (χ0v) is 18.4. The maximum atomic E-state index is 13.6. The molecule has 0 unspecified atom stereocenters. The van der Waals surface area contributed by atoms with Gasteiger partial charge in [-0.15, -0.1) is 0 Å². The molecule has 1 amide bonds. The molecule has 1 aliphatic rings. The van der Waals surface area contributed by atoms with E-state index in [-0.39, 0.29) is 42.9 Å². The van der Waals surface area contributed by atoms with Crippen LogP contribution in [0.15, 0.2) is 58.1 Å². The zero-order valence-electron chi connectivity index (χ0n) is 18.4. The van der Waals surface area contributed by atoms with Gasteiger partial charge < -0.3 is 15.5 Å². The number of fused-ring (bicyclic) bond motifs is 1. The SMILES string of the molecule is CCN(C(=O)CN1CCCc2cc(F)ccc21)c1c(N)n(Cc2ccccc2)c(=O)[nH]c1=O. The number of hydrogen-bond donors (Lipinski definition) is 2. The fourth-order valence-electron chi connectivity index (χ4n) is 4.28. The molecule has 1 aromatic heterocycles. The minimum atomic E-state index is -0.710. The Balaban J connectivity index is 1.65. The summed E-state index contributed by atoms with van der Waals surface area (Å²) in [6.45, 7) is 2.74. The first-order valence-corrected chi connectivity index (χ1v) is 10.9. The van der Waals surface area contributed by atoms with Crippen molar-refractivity contribution in [2.75, 3.05) is 35.2 Å². The van der Waals surface area contributed by atoms with Gasteiger partial charge in [0.05, 0.1) is 13.1 Å². The number of halogens is 1. The Morgan fingerprint density at radius 3 is 2.67 bits per heavy atom. The number of nitrogens with one attached hydrogen (secondary N) is 1. The van der Waals surface area contributed by atoms with Gasteiger partial charge in [-0.1, -0.05) is 30.3 Å². The van der Waals surface area contributed by atoms with Crippen molar-refractivity contribution in [2.45, 2.75) is 26.3 Å². The third-order valence-electron chi connectivity index (χ3n) is 5.87. The summed E-state index contributed by atoms with van der Waals surface area (Å²) in [4.78, 5) is 43.9. The number of carbonyl (C=O) groups excluding carboxylic acids is 1. The molecule has 1 aliphatic heterocycles. The van der Waals surface area contributed by atoms with Crippen LogP contribution in [0.5, 0.6) is 0 Å². The van der Waals surface area contributed by atoms with E-state index in [1.54, 1.807) is 13.0 Å². The lowest BCUT2D eigenvalue weighted by Crippen LogP contribution is -2.46. The van der Waals surface area contributed by atoms with Crippen molar-refractivity contribution in [1.29, 1.82) is 0 Å². The average Bonchev–Trinajstić information content (AvgIpc) is 2.80. The van der Waals surface area contributed by atoms with E-state index in [1.807, 2.05) is 35.2 Å². The van der Waals surface area contributed by atoms with Crippen molar-refractivity contribution in [3.63, 3.8) is 0 Å². The number of H-pyrrole nitrogens is 1. The minimum absolute atomic E-state index is 0.00314. The Hall–Kier alpha value is -3.88. The number of nitrogens with zero attached hydrogens (tertiary/aromatic N) is 3. The molecule has 2 heterocycles. The third-order valence-corrected chi connectivity index (χ3v) is 5.87. The highest BCUT2D eigenvalue weighted by Crippen LogP contribution is 2.28. The molecule has 0 bridgehead atoms. The molecule has 0 saturated heterocycles. The molecule has 33 heavy (non-hydrogen) atoms. The fourth-order valence-corrected chi connectivity index (χ4v) is 4.28. The van der Waals surface area contributed by atoms with Crippen molar-refractivity contribution in [2.24, 2.45) is 0 Å². The monoisotopic (exact) mass is 451 g/mol. The molecule has 0 spiro atoms. The van der Waals surface area contributed by atoms with E-state index in [1.165, 1.54) is 21.6 Å². The van der Waals surface area contributed by atoms with E-state index in [2.05, 4.69) is 4.98 Å². The Kier molecular flexibility index (Phi) is 6.30. The van der Waals surface area contributed by atoms with Crippen LogP contribution < -0.4 is 26.8 Å². The summed E-state index contributed by atoms with van der Waals surface area (Å²) in [6.07, 6.45) is 1.53. The summed E-state index contributed by atoms with van der Waals surface area (Å²) >= 11 is 0. The van der Waals surface area contributed by atoms with Gasteiger partial charge in [0.2, 0.25) is 5.91 Å². The number of hydrogen-bond acceptors (Lipinski definition) is 5. The first-order chi connectivity index (χ1) is 15.9. The van der Waals surface area contributed by atoms with Gasteiger partial charge >= 0.3 is 5.69 Å². The number of amides is 1. The Morgan fingerprint density at radius 2 is 1.94 bits per heavy atom. The number of aromatic amines is 1. The number of benzene rings is 2. The van der Waals surface area contributed by atoms with Crippen LogP contribution in [0, 0.1) is 5.82 Å². The molecular weight excluding hydrogens is 425 g/mol. The third kappa shape index (κ3) is 4.52. The standard InChI is InChI=1S/C24H26FN5O3/c1-2-29(20(31)15-28-12-6-9-17-13-18(25)10-11-19(17)28)21-22(26)30(24(33)27-23(21)32)14-16-7-4-3-5-8-16/h3-5,7-8,10-11,13H,2,6,9,12,14-15,26H2,1H3,(H,27,32,33). The highest BCUT2D eigenvalue weighted by atomic mass is 19.1. The molecule has 3 aromatic rings.